The molecule has 0 spiro atoms. The fraction of sp³-hybridized carbons (Fsp3) is 0.348. The summed E-state index contributed by atoms with van der Waals surface area (Å²) < 4.78 is 5.11. The van der Waals surface area contributed by atoms with E-state index < -0.39 is 0 Å². The molecule has 7 heteroatoms. The zero-order valence-corrected chi connectivity index (χ0v) is 18.0. The number of aromatic nitrogens is 2. The van der Waals surface area contributed by atoms with Gasteiger partial charge in [-0.2, -0.15) is 0 Å². The van der Waals surface area contributed by atoms with Crippen molar-refractivity contribution in [1.29, 1.82) is 0 Å². The van der Waals surface area contributed by atoms with Crippen LogP contribution in [0.1, 0.15) is 45.8 Å². The minimum atomic E-state index is -0.113. The summed E-state index contributed by atoms with van der Waals surface area (Å²) in [5, 5.41) is 7.78. The van der Waals surface area contributed by atoms with Gasteiger partial charge in [-0.25, -0.2) is 4.98 Å². The van der Waals surface area contributed by atoms with Crippen molar-refractivity contribution in [2.75, 3.05) is 13.1 Å². The van der Waals surface area contributed by atoms with Crippen molar-refractivity contribution in [1.82, 2.24) is 20.4 Å². The number of aryl methyl sites for hydroxylation is 1. The van der Waals surface area contributed by atoms with Crippen LogP contribution in [-0.4, -0.2) is 34.0 Å². The van der Waals surface area contributed by atoms with Gasteiger partial charge in [0.05, 0.1) is 11.3 Å². The first kappa shape index (κ1) is 20.6. The van der Waals surface area contributed by atoms with Crippen LogP contribution in [0.25, 0.3) is 0 Å². The molecule has 0 radical (unpaired) electrons. The molecule has 3 heterocycles. The highest BCUT2D eigenvalue weighted by Gasteiger charge is 2.16. The number of thioether (sulfide) groups is 1. The van der Waals surface area contributed by atoms with Crippen molar-refractivity contribution in [3.63, 3.8) is 0 Å². The molecule has 0 atom stereocenters. The monoisotopic (exact) mass is 422 g/mol. The largest absolute Gasteiger partial charge is 0.361 e. The van der Waals surface area contributed by atoms with E-state index in [1.54, 1.807) is 12.3 Å². The molecule has 6 nitrogen and oxygen atoms in total. The molecule has 30 heavy (non-hydrogen) atoms. The molecule has 1 N–H and O–H groups in total. The van der Waals surface area contributed by atoms with Crippen LogP contribution in [0.4, 0.5) is 0 Å². The third-order valence-corrected chi connectivity index (χ3v) is 6.24. The Kier molecular flexibility index (Phi) is 6.81. The van der Waals surface area contributed by atoms with E-state index in [4.69, 9.17) is 4.52 Å². The number of hydrogen-bond donors (Lipinski definition) is 1. The summed E-state index contributed by atoms with van der Waals surface area (Å²) in [6, 6.07) is 13.9. The van der Waals surface area contributed by atoms with Gasteiger partial charge in [-0.15, -0.1) is 0 Å². The fourth-order valence-electron chi connectivity index (χ4n) is 3.64. The lowest BCUT2D eigenvalue weighted by atomic mass is 10.1. The van der Waals surface area contributed by atoms with E-state index in [1.165, 1.54) is 30.2 Å². The standard InChI is InChI=1S/C23H26N4O2S/c1-17-13-20(26-29-17)16-30-23-21(9-6-10-24-23)22(28)25-14-18-7-2-3-8-19(18)15-27-11-4-5-12-27/h2-3,6-10,13H,4-5,11-12,14-16H2,1H3,(H,25,28). The van der Waals surface area contributed by atoms with E-state index in [0.29, 0.717) is 22.9 Å². The molecule has 1 fully saturated rings. The van der Waals surface area contributed by atoms with E-state index in [-0.39, 0.29) is 5.91 Å². The van der Waals surface area contributed by atoms with Crippen molar-refractivity contribution in [3.8, 4) is 0 Å². The lowest BCUT2D eigenvalue weighted by Crippen LogP contribution is -2.25. The molecular weight excluding hydrogens is 396 g/mol. The van der Waals surface area contributed by atoms with Crippen molar-refractivity contribution < 1.29 is 9.32 Å². The Morgan fingerprint density at radius 1 is 1.17 bits per heavy atom. The zero-order valence-electron chi connectivity index (χ0n) is 17.1. The highest BCUT2D eigenvalue weighted by atomic mass is 32.2. The molecule has 1 amide bonds. The van der Waals surface area contributed by atoms with Crippen molar-refractivity contribution >= 4 is 17.7 Å². The third kappa shape index (κ3) is 5.29. The number of carbonyl (C=O) groups excluding carboxylic acids is 1. The highest BCUT2D eigenvalue weighted by Crippen LogP contribution is 2.24. The van der Waals surface area contributed by atoms with Crippen LogP contribution in [0, 0.1) is 6.92 Å². The Bertz CT molecular complexity index is 998. The maximum atomic E-state index is 12.9. The van der Waals surface area contributed by atoms with E-state index in [2.05, 4.69) is 38.6 Å². The maximum Gasteiger partial charge on any atom is 0.254 e. The topological polar surface area (TPSA) is 71.3 Å². The molecule has 4 rings (SSSR count). The minimum Gasteiger partial charge on any atom is -0.361 e. The van der Waals surface area contributed by atoms with E-state index in [1.807, 2.05) is 25.1 Å². The number of amides is 1. The SMILES string of the molecule is Cc1cc(CSc2ncccc2C(=O)NCc2ccccc2CN2CCCC2)no1. The molecule has 0 saturated carbocycles. The predicted octanol–water partition coefficient (Wildman–Crippen LogP) is 4.20. The van der Waals surface area contributed by atoms with Crippen LogP contribution in [-0.2, 0) is 18.8 Å². The number of nitrogens with one attached hydrogen (secondary N) is 1. The summed E-state index contributed by atoms with van der Waals surface area (Å²) in [5.41, 5.74) is 3.86. The second kappa shape index (κ2) is 9.91. The van der Waals surface area contributed by atoms with Gasteiger partial charge in [-0.05, 0) is 56.1 Å². The molecule has 1 aliphatic rings. The molecule has 0 aliphatic carbocycles. The van der Waals surface area contributed by atoms with Gasteiger partial charge in [0.1, 0.15) is 10.8 Å². The summed E-state index contributed by atoms with van der Waals surface area (Å²) in [6.07, 6.45) is 4.25. The summed E-state index contributed by atoms with van der Waals surface area (Å²) in [4.78, 5) is 19.8. The lowest BCUT2D eigenvalue weighted by Gasteiger charge is -2.18. The Labute approximate surface area is 181 Å². The molecule has 1 saturated heterocycles. The summed E-state index contributed by atoms with van der Waals surface area (Å²) in [7, 11) is 0. The average molecular weight is 423 g/mol. The number of pyridine rings is 1. The molecule has 1 aliphatic heterocycles. The molecule has 3 aromatic rings. The summed E-state index contributed by atoms with van der Waals surface area (Å²) >= 11 is 1.49. The van der Waals surface area contributed by atoms with Gasteiger partial charge in [-0.3, -0.25) is 9.69 Å². The summed E-state index contributed by atoms with van der Waals surface area (Å²) in [5.74, 6) is 1.27. The van der Waals surface area contributed by atoms with Crippen LogP contribution in [0.5, 0.6) is 0 Å². The van der Waals surface area contributed by atoms with Crippen LogP contribution in [0.15, 0.2) is 58.2 Å². The van der Waals surface area contributed by atoms with Crippen LogP contribution < -0.4 is 5.32 Å². The quantitative estimate of drug-likeness (QED) is 0.549. The van der Waals surface area contributed by atoms with E-state index in [9.17, 15) is 4.79 Å². The normalized spacial score (nSPS) is 14.2. The van der Waals surface area contributed by atoms with Crippen molar-refractivity contribution in [2.45, 2.75) is 43.6 Å². The molecule has 0 bridgehead atoms. The number of hydrogen-bond acceptors (Lipinski definition) is 6. The van der Waals surface area contributed by atoms with Gasteiger partial charge in [0, 0.05) is 31.1 Å². The average Bonchev–Trinajstić information content (AvgIpc) is 3.43. The first-order chi connectivity index (χ1) is 14.7. The molecule has 0 unspecified atom stereocenters. The molecule has 1 aromatic carbocycles. The van der Waals surface area contributed by atoms with Gasteiger partial charge in [0.25, 0.3) is 5.91 Å². The number of likely N-dealkylation sites (tertiary alicyclic amines) is 1. The highest BCUT2D eigenvalue weighted by molar-refractivity contribution is 7.98. The zero-order chi connectivity index (χ0) is 20.8. The molecule has 2 aromatic heterocycles. The number of benzene rings is 1. The van der Waals surface area contributed by atoms with Crippen molar-refractivity contribution in [3.05, 3.63) is 76.8 Å². The Hall–Kier alpha value is -2.64. The maximum absolute atomic E-state index is 12.9. The van der Waals surface area contributed by atoms with Gasteiger partial charge in [0.2, 0.25) is 0 Å². The second-order valence-corrected chi connectivity index (χ2v) is 8.47. The van der Waals surface area contributed by atoms with Gasteiger partial charge < -0.3 is 9.84 Å². The smallest absolute Gasteiger partial charge is 0.254 e. The van der Waals surface area contributed by atoms with Crippen LogP contribution >= 0.6 is 11.8 Å². The first-order valence-corrected chi connectivity index (χ1v) is 11.2. The van der Waals surface area contributed by atoms with Gasteiger partial charge >= 0.3 is 0 Å². The van der Waals surface area contributed by atoms with Gasteiger partial charge in [0.15, 0.2) is 0 Å². The van der Waals surface area contributed by atoms with Crippen LogP contribution in [0.2, 0.25) is 0 Å². The lowest BCUT2D eigenvalue weighted by molar-refractivity contribution is 0.0947. The third-order valence-electron chi connectivity index (χ3n) is 5.20. The first-order valence-electron chi connectivity index (χ1n) is 10.3. The second-order valence-electron chi connectivity index (χ2n) is 7.51. The van der Waals surface area contributed by atoms with E-state index in [0.717, 1.165) is 36.7 Å². The minimum absolute atomic E-state index is 0.113. The Balaban J connectivity index is 1.40. The number of rotatable bonds is 8. The van der Waals surface area contributed by atoms with Crippen molar-refractivity contribution in [2.24, 2.45) is 0 Å². The van der Waals surface area contributed by atoms with Crippen LogP contribution in [0.3, 0.4) is 0 Å². The van der Waals surface area contributed by atoms with Gasteiger partial charge in [-0.1, -0.05) is 41.2 Å². The number of carbonyl (C=O) groups is 1. The number of nitrogens with zero attached hydrogens (tertiary/aromatic N) is 3. The Morgan fingerprint density at radius 2 is 1.97 bits per heavy atom. The molecular formula is C23H26N4O2S. The van der Waals surface area contributed by atoms with E-state index >= 15 is 0 Å². The Morgan fingerprint density at radius 3 is 2.73 bits per heavy atom. The summed E-state index contributed by atoms with van der Waals surface area (Å²) in [6.45, 7) is 5.62. The fourth-order valence-corrected chi connectivity index (χ4v) is 4.52. The molecule has 156 valence electrons. The predicted molar refractivity (Wildman–Crippen MR) is 117 cm³/mol.